The maximum atomic E-state index is 5.18. The van der Waals surface area contributed by atoms with E-state index in [1.165, 1.54) is 6.42 Å². The number of nitrogens with zero attached hydrogens (tertiary/aromatic N) is 1. The molecule has 16 heavy (non-hydrogen) atoms. The zero-order valence-electron chi connectivity index (χ0n) is 10.2. The van der Waals surface area contributed by atoms with Crippen LogP contribution in [-0.2, 0) is 0 Å². The summed E-state index contributed by atoms with van der Waals surface area (Å²) in [6.45, 7) is 3.03. The molecule has 0 saturated heterocycles. The predicted molar refractivity (Wildman–Crippen MR) is 66.9 cm³/mol. The summed E-state index contributed by atoms with van der Waals surface area (Å²) in [5, 5.41) is 0. The third kappa shape index (κ3) is 3.93. The monoisotopic (exact) mass is 221 g/mol. The minimum Gasteiger partial charge on any atom is -0.497 e. The number of benzene rings is 1. The van der Waals surface area contributed by atoms with Gasteiger partial charge in [0.25, 0.3) is 0 Å². The van der Waals surface area contributed by atoms with Gasteiger partial charge in [0.1, 0.15) is 11.5 Å². The maximum absolute atomic E-state index is 5.18. The SMILES string of the molecule is CCCCN=Cc1cc(OC)cc(OC)c1. The molecule has 1 aromatic rings. The molecular formula is C13H19NO2. The summed E-state index contributed by atoms with van der Waals surface area (Å²) in [7, 11) is 3.29. The summed E-state index contributed by atoms with van der Waals surface area (Å²) in [4.78, 5) is 4.35. The Kier molecular flexibility index (Phi) is 5.40. The average molecular weight is 221 g/mol. The molecular weight excluding hydrogens is 202 g/mol. The van der Waals surface area contributed by atoms with Crippen molar-refractivity contribution in [3.63, 3.8) is 0 Å². The van der Waals surface area contributed by atoms with Gasteiger partial charge in [0.05, 0.1) is 14.2 Å². The van der Waals surface area contributed by atoms with Crippen LogP contribution < -0.4 is 9.47 Å². The van der Waals surface area contributed by atoms with Crippen LogP contribution in [0.5, 0.6) is 11.5 Å². The first kappa shape index (κ1) is 12.6. The van der Waals surface area contributed by atoms with Crippen LogP contribution >= 0.6 is 0 Å². The number of aliphatic imine (C=N–C) groups is 1. The minimum absolute atomic E-state index is 0.788. The molecule has 0 heterocycles. The van der Waals surface area contributed by atoms with Gasteiger partial charge in [0, 0.05) is 18.8 Å². The third-order valence-corrected chi connectivity index (χ3v) is 2.25. The summed E-state index contributed by atoms with van der Waals surface area (Å²) in [5.74, 6) is 1.58. The molecule has 0 unspecified atom stereocenters. The minimum atomic E-state index is 0.788. The number of hydrogen-bond donors (Lipinski definition) is 0. The molecule has 0 saturated carbocycles. The second kappa shape index (κ2) is 6.88. The second-order valence-electron chi connectivity index (χ2n) is 3.53. The highest BCUT2D eigenvalue weighted by atomic mass is 16.5. The van der Waals surface area contributed by atoms with Gasteiger partial charge in [-0.1, -0.05) is 13.3 Å². The smallest absolute Gasteiger partial charge is 0.123 e. The van der Waals surface area contributed by atoms with E-state index in [2.05, 4.69) is 11.9 Å². The van der Waals surface area contributed by atoms with Gasteiger partial charge in [-0.05, 0) is 24.1 Å². The lowest BCUT2D eigenvalue weighted by Crippen LogP contribution is -1.91. The summed E-state index contributed by atoms with van der Waals surface area (Å²) in [5.41, 5.74) is 1.01. The Bertz CT molecular complexity index is 326. The Morgan fingerprint density at radius 3 is 2.25 bits per heavy atom. The Morgan fingerprint density at radius 1 is 1.12 bits per heavy atom. The van der Waals surface area contributed by atoms with Crippen LogP contribution in [0.1, 0.15) is 25.3 Å². The highest BCUT2D eigenvalue weighted by Crippen LogP contribution is 2.21. The van der Waals surface area contributed by atoms with Gasteiger partial charge in [-0.15, -0.1) is 0 Å². The van der Waals surface area contributed by atoms with Crippen LogP contribution in [-0.4, -0.2) is 27.0 Å². The highest BCUT2D eigenvalue weighted by molar-refractivity contribution is 5.81. The van der Waals surface area contributed by atoms with E-state index in [0.717, 1.165) is 30.0 Å². The maximum Gasteiger partial charge on any atom is 0.123 e. The molecule has 0 bridgehead atoms. The summed E-state index contributed by atoms with van der Waals surface area (Å²) < 4.78 is 10.4. The lowest BCUT2D eigenvalue weighted by atomic mass is 10.2. The van der Waals surface area contributed by atoms with Crippen molar-refractivity contribution in [3.05, 3.63) is 23.8 Å². The fourth-order valence-corrected chi connectivity index (χ4v) is 1.32. The molecule has 0 amide bonds. The second-order valence-corrected chi connectivity index (χ2v) is 3.53. The van der Waals surface area contributed by atoms with E-state index >= 15 is 0 Å². The van der Waals surface area contributed by atoms with Gasteiger partial charge in [-0.25, -0.2) is 0 Å². The number of ether oxygens (including phenoxy) is 2. The van der Waals surface area contributed by atoms with E-state index in [1.807, 2.05) is 24.4 Å². The first-order valence-electron chi connectivity index (χ1n) is 5.53. The van der Waals surface area contributed by atoms with Crippen LogP contribution in [0.2, 0.25) is 0 Å². The molecule has 0 fully saturated rings. The molecule has 0 spiro atoms. The van der Waals surface area contributed by atoms with Gasteiger partial charge < -0.3 is 9.47 Å². The topological polar surface area (TPSA) is 30.8 Å². The zero-order chi connectivity index (χ0) is 11.8. The number of rotatable bonds is 6. The van der Waals surface area contributed by atoms with E-state index in [0.29, 0.717) is 0 Å². The van der Waals surface area contributed by atoms with Crippen LogP contribution in [0, 0.1) is 0 Å². The van der Waals surface area contributed by atoms with Gasteiger partial charge in [0.2, 0.25) is 0 Å². The first-order valence-corrected chi connectivity index (χ1v) is 5.53. The van der Waals surface area contributed by atoms with Gasteiger partial charge in [-0.2, -0.15) is 0 Å². The number of unbranched alkanes of at least 4 members (excludes halogenated alkanes) is 1. The average Bonchev–Trinajstić information content (AvgIpc) is 2.34. The molecule has 0 aliphatic rings. The highest BCUT2D eigenvalue weighted by Gasteiger charge is 1.99. The Labute approximate surface area is 97.1 Å². The normalized spacial score (nSPS) is 10.7. The van der Waals surface area contributed by atoms with E-state index in [4.69, 9.17) is 9.47 Å². The quantitative estimate of drug-likeness (QED) is 0.546. The first-order chi connectivity index (χ1) is 7.80. The van der Waals surface area contributed by atoms with E-state index in [-0.39, 0.29) is 0 Å². The van der Waals surface area contributed by atoms with Crippen molar-refractivity contribution in [2.75, 3.05) is 20.8 Å². The van der Waals surface area contributed by atoms with Crippen LogP contribution in [0.4, 0.5) is 0 Å². The van der Waals surface area contributed by atoms with Crippen molar-refractivity contribution in [3.8, 4) is 11.5 Å². The van der Waals surface area contributed by atoms with Gasteiger partial charge in [-0.3, -0.25) is 4.99 Å². The molecule has 1 rings (SSSR count). The molecule has 0 aromatic heterocycles. The van der Waals surface area contributed by atoms with Crippen LogP contribution in [0.3, 0.4) is 0 Å². The molecule has 0 N–H and O–H groups in total. The number of hydrogen-bond acceptors (Lipinski definition) is 3. The fraction of sp³-hybridized carbons (Fsp3) is 0.462. The molecule has 0 aliphatic heterocycles. The molecule has 0 aliphatic carbocycles. The Balaban J connectivity index is 2.74. The molecule has 3 nitrogen and oxygen atoms in total. The summed E-state index contributed by atoms with van der Waals surface area (Å²) >= 11 is 0. The van der Waals surface area contributed by atoms with Crippen LogP contribution in [0.25, 0.3) is 0 Å². The van der Waals surface area contributed by atoms with Crippen molar-refractivity contribution < 1.29 is 9.47 Å². The largest absolute Gasteiger partial charge is 0.497 e. The molecule has 0 radical (unpaired) electrons. The lowest BCUT2D eigenvalue weighted by molar-refractivity contribution is 0.394. The van der Waals surface area contributed by atoms with Crippen LogP contribution in [0.15, 0.2) is 23.2 Å². The zero-order valence-corrected chi connectivity index (χ0v) is 10.2. The van der Waals surface area contributed by atoms with Gasteiger partial charge in [0.15, 0.2) is 0 Å². The molecule has 0 atom stereocenters. The molecule has 1 aromatic carbocycles. The van der Waals surface area contributed by atoms with Crippen molar-refractivity contribution in [2.24, 2.45) is 4.99 Å². The van der Waals surface area contributed by atoms with Crippen molar-refractivity contribution in [1.82, 2.24) is 0 Å². The van der Waals surface area contributed by atoms with Gasteiger partial charge >= 0.3 is 0 Å². The Hall–Kier alpha value is -1.51. The fourth-order valence-electron chi connectivity index (χ4n) is 1.32. The third-order valence-electron chi connectivity index (χ3n) is 2.25. The standard InChI is InChI=1S/C13H19NO2/c1-4-5-6-14-10-11-7-12(15-2)9-13(8-11)16-3/h7-10H,4-6H2,1-3H3. The molecule has 88 valence electrons. The van der Waals surface area contributed by atoms with E-state index in [9.17, 15) is 0 Å². The summed E-state index contributed by atoms with van der Waals surface area (Å²) in [6.07, 6.45) is 4.15. The van der Waals surface area contributed by atoms with E-state index in [1.54, 1.807) is 14.2 Å². The lowest BCUT2D eigenvalue weighted by Gasteiger charge is -2.05. The predicted octanol–water partition coefficient (Wildman–Crippen LogP) is 2.92. The van der Waals surface area contributed by atoms with Crippen molar-refractivity contribution in [2.45, 2.75) is 19.8 Å². The molecule has 3 heteroatoms. The van der Waals surface area contributed by atoms with E-state index < -0.39 is 0 Å². The summed E-state index contributed by atoms with van der Waals surface area (Å²) in [6, 6.07) is 5.74. The van der Waals surface area contributed by atoms with Crippen molar-refractivity contribution in [1.29, 1.82) is 0 Å². The number of methoxy groups -OCH3 is 2. The Morgan fingerprint density at radius 2 is 1.75 bits per heavy atom. The van der Waals surface area contributed by atoms with Crippen molar-refractivity contribution >= 4 is 6.21 Å².